The minimum atomic E-state index is 0.00251. The van der Waals surface area contributed by atoms with Crippen LogP contribution in [0.1, 0.15) is 35.7 Å². The number of thiazole rings is 1. The van der Waals surface area contributed by atoms with E-state index in [1.54, 1.807) is 12.4 Å². The van der Waals surface area contributed by atoms with Gasteiger partial charge in [-0.25, -0.2) is 4.98 Å². The Hall–Kier alpha value is -2.73. The first-order valence-corrected chi connectivity index (χ1v) is 9.59. The number of carbonyl (C=O) groups is 1. The number of amides is 1. The third-order valence-electron chi connectivity index (χ3n) is 4.62. The second kappa shape index (κ2) is 7.25. The molecule has 6 heteroatoms. The molecule has 0 saturated heterocycles. The van der Waals surface area contributed by atoms with Crippen LogP contribution in [0.15, 0.2) is 48.1 Å². The van der Waals surface area contributed by atoms with Crippen LogP contribution in [-0.2, 0) is 17.6 Å². The first kappa shape index (κ1) is 16.7. The number of aryl methyl sites for hydroxylation is 1. The first-order valence-electron chi connectivity index (χ1n) is 8.71. The van der Waals surface area contributed by atoms with Crippen molar-refractivity contribution in [2.24, 2.45) is 0 Å². The topological polar surface area (TPSA) is 80.9 Å². The lowest BCUT2D eigenvalue weighted by molar-refractivity contribution is -0.121. The predicted molar refractivity (Wildman–Crippen MR) is 104 cm³/mol. The van der Waals surface area contributed by atoms with E-state index in [-0.39, 0.29) is 18.4 Å². The number of nitrogens with zero attached hydrogens (tertiary/aromatic N) is 2. The summed E-state index contributed by atoms with van der Waals surface area (Å²) in [7, 11) is 0. The maximum Gasteiger partial charge on any atom is 0.226 e. The molecule has 0 fully saturated rings. The summed E-state index contributed by atoms with van der Waals surface area (Å²) < 4.78 is 0. The van der Waals surface area contributed by atoms with Crippen LogP contribution in [0.3, 0.4) is 0 Å². The fourth-order valence-electron chi connectivity index (χ4n) is 3.40. The molecule has 1 amide bonds. The Labute approximate surface area is 156 Å². The Kier molecular flexibility index (Phi) is 4.67. The molecule has 1 atom stereocenters. The van der Waals surface area contributed by atoms with E-state index in [0.717, 1.165) is 41.2 Å². The molecular formula is C20H20N4OS. The summed E-state index contributed by atoms with van der Waals surface area (Å²) in [5, 5.41) is 5.99. The van der Waals surface area contributed by atoms with Gasteiger partial charge in [0.25, 0.3) is 0 Å². The van der Waals surface area contributed by atoms with Crippen molar-refractivity contribution in [1.82, 2.24) is 15.3 Å². The van der Waals surface area contributed by atoms with Crippen molar-refractivity contribution in [3.63, 3.8) is 0 Å². The molecule has 0 saturated carbocycles. The zero-order valence-corrected chi connectivity index (χ0v) is 15.1. The van der Waals surface area contributed by atoms with Crippen LogP contribution in [0, 0.1) is 0 Å². The molecule has 1 aliphatic rings. The summed E-state index contributed by atoms with van der Waals surface area (Å²) >= 11 is 1.54. The first-order chi connectivity index (χ1) is 12.7. The Bertz CT molecular complexity index is 923. The number of hydrogen-bond donors (Lipinski definition) is 2. The Morgan fingerprint density at radius 3 is 3.12 bits per heavy atom. The van der Waals surface area contributed by atoms with E-state index in [2.05, 4.69) is 15.3 Å². The van der Waals surface area contributed by atoms with Crippen molar-refractivity contribution in [3.8, 4) is 10.6 Å². The summed E-state index contributed by atoms with van der Waals surface area (Å²) in [6.07, 6.45) is 6.85. The highest BCUT2D eigenvalue weighted by atomic mass is 32.1. The van der Waals surface area contributed by atoms with E-state index < -0.39 is 0 Å². The molecule has 2 heterocycles. The van der Waals surface area contributed by atoms with Gasteiger partial charge in [-0.3, -0.25) is 9.78 Å². The molecule has 1 unspecified atom stereocenters. The molecule has 0 aliphatic heterocycles. The maximum atomic E-state index is 12.5. The number of hydrogen-bond acceptors (Lipinski definition) is 5. The van der Waals surface area contributed by atoms with E-state index in [1.165, 1.54) is 22.5 Å². The van der Waals surface area contributed by atoms with E-state index in [0.29, 0.717) is 0 Å². The molecule has 132 valence electrons. The number of nitrogens with one attached hydrogen (secondary N) is 1. The molecule has 3 aromatic rings. The molecule has 4 rings (SSSR count). The SMILES string of the molecule is Nc1ccc2c(c1)CCCC2NC(=O)Cc1csc(-c2cccnc2)n1. The zero-order valence-electron chi connectivity index (χ0n) is 14.3. The zero-order chi connectivity index (χ0) is 17.9. The van der Waals surface area contributed by atoms with Crippen molar-refractivity contribution < 1.29 is 4.79 Å². The highest BCUT2D eigenvalue weighted by Crippen LogP contribution is 2.31. The lowest BCUT2D eigenvalue weighted by Gasteiger charge is -2.26. The van der Waals surface area contributed by atoms with Crippen molar-refractivity contribution >= 4 is 22.9 Å². The highest BCUT2D eigenvalue weighted by molar-refractivity contribution is 7.13. The molecule has 0 spiro atoms. The monoisotopic (exact) mass is 364 g/mol. The highest BCUT2D eigenvalue weighted by Gasteiger charge is 2.22. The van der Waals surface area contributed by atoms with Gasteiger partial charge in [-0.2, -0.15) is 0 Å². The average molecular weight is 364 g/mol. The molecule has 0 radical (unpaired) electrons. The van der Waals surface area contributed by atoms with Crippen molar-refractivity contribution in [2.75, 3.05) is 5.73 Å². The second-order valence-corrected chi connectivity index (χ2v) is 7.39. The molecule has 2 aromatic heterocycles. The third kappa shape index (κ3) is 3.60. The molecule has 0 bridgehead atoms. The van der Waals surface area contributed by atoms with Crippen LogP contribution in [0.4, 0.5) is 5.69 Å². The van der Waals surface area contributed by atoms with E-state index >= 15 is 0 Å². The van der Waals surface area contributed by atoms with Gasteiger partial charge in [0.2, 0.25) is 5.91 Å². The van der Waals surface area contributed by atoms with E-state index in [4.69, 9.17) is 5.73 Å². The second-order valence-electron chi connectivity index (χ2n) is 6.53. The van der Waals surface area contributed by atoms with Gasteiger partial charge in [-0.15, -0.1) is 11.3 Å². The van der Waals surface area contributed by atoms with Gasteiger partial charge in [-0.1, -0.05) is 6.07 Å². The normalized spacial score (nSPS) is 16.1. The number of rotatable bonds is 4. The number of nitrogens with two attached hydrogens (primary N) is 1. The average Bonchev–Trinajstić information content (AvgIpc) is 3.11. The van der Waals surface area contributed by atoms with Gasteiger partial charge < -0.3 is 11.1 Å². The van der Waals surface area contributed by atoms with Crippen LogP contribution in [-0.4, -0.2) is 15.9 Å². The summed E-state index contributed by atoms with van der Waals surface area (Å²) in [6, 6.07) is 9.89. The number of pyridine rings is 1. The van der Waals surface area contributed by atoms with Gasteiger partial charge >= 0.3 is 0 Å². The maximum absolute atomic E-state index is 12.5. The van der Waals surface area contributed by atoms with Crippen LogP contribution >= 0.6 is 11.3 Å². The predicted octanol–water partition coefficient (Wildman–Crippen LogP) is 3.52. The van der Waals surface area contributed by atoms with Gasteiger partial charge in [0.15, 0.2) is 0 Å². The molecule has 26 heavy (non-hydrogen) atoms. The van der Waals surface area contributed by atoms with E-state index in [9.17, 15) is 4.79 Å². The lowest BCUT2D eigenvalue weighted by Crippen LogP contribution is -2.32. The van der Waals surface area contributed by atoms with Gasteiger partial charge in [-0.05, 0) is 54.7 Å². The number of fused-ring (bicyclic) bond motifs is 1. The minimum absolute atomic E-state index is 0.00251. The van der Waals surface area contributed by atoms with Crippen molar-refractivity contribution in [1.29, 1.82) is 0 Å². The summed E-state index contributed by atoms with van der Waals surface area (Å²) in [4.78, 5) is 21.2. The Balaban J connectivity index is 1.43. The smallest absolute Gasteiger partial charge is 0.226 e. The van der Waals surface area contributed by atoms with E-state index in [1.807, 2.05) is 35.7 Å². The summed E-state index contributed by atoms with van der Waals surface area (Å²) in [5.41, 5.74) is 10.9. The Morgan fingerprint density at radius 1 is 1.35 bits per heavy atom. The van der Waals surface area contributed by atoms with Gasteiger partial charge in [0.05, 0.1) is 18.2 Å². The summed E-state index contributed by atoms with van der Waals surface area (Å²) in [5.74, 6) is 0.00251. The van der Waals surface area contributed by atoms with Crippen LogP contribution < -0.4 is 11.1 Å². The fourth-order valence-corrected chi connectivity index (χ4v) is 4.21. The Morgan fingerprint density at radius 2 is 2.27 bits per heavy atom. The van der Waals surface area contributed by atoms with Crippen LogP contribution in [0.2, 0.25) is 0 Å². The molecular weight excluding hydrogens is 344 g/mol. The molecule has 3 N–H and O–H groups in total. The van der Waals surface area contributed by atoms with Gasteiger partial charge in [0.1, 0.15) is 5.01 Å². The number of aromatic nitrogens is 2. The number of anilines is 1. The quantitative estimate of drug-likeness (QED) is 0.694. The third-order valence-corrected chi connectivity index (χ3v) is 5.56. The van der Waals surface area contributed by atoms with Crippen molar-refractivity contribution in [3.05, 3.63) is 64.9 Å². The van der Waals surface area contributed by atoms with Gasteiger partial charge in [0, 0.05) is 29.0 Å². The van der Waals surface area contributed by atoms with Crippen LogP contribution in [0.5, 0.6) is 0 Å². The largest absolute Gasteiger partial charge is 0.399 e. The molecule has 1 aromatic carbocycles. The fraction of sp³-hybridized carbons (Fsp3) is 0.250. The standard InChI is InChI=1S/C20H20N4OS/c21-15-6-7-17-13(9-15)3-1-5-18(17)24-19(25)10-16-12-26-20(23-16)14-4-2-8-22-11-14/h2,4,6-9,11-12,18H,1,3,5,10,21H2,(H,24,25). The van der Waals surface area contributed by atoms with Crippen molar-refractivity contribution in [2.45, 2.75) is 31.7 Å². The number of carbonyl (C=O) groups excluding carboxylic acids is 1. The van der Waals surface area contributed by atoms with Crippen LogP contribution in [0.25, 0.3) is 10.6 Å². The number of nitrogen functional groups attached to an aromatic ring is 1. The minimum Gasteiger partial charge on any atom is -0.399 e. The number of benzene rings is 1. The lowest BCUT2D eigenvalue weighted by atomic mass is 9.87. The summed E-state index contributed by atoms with van der Waals surface area (Å²) in [6.45, 7) is 0. The molecule has 5 nitrogen and oxygen atoms in total. The molecule has 1 aliphatic carbocycles.